The van der Waals surface area contributed by atoms with Crippen LogP contribution < -0.4 is 5.32 Å². The van der Waals surface area contributed by atoms with Gasteiger partial charge in [0.1, 0.15) is 0 Å². The van der Waals surface area contributed by atoms with E-state index in [1.807, 2.05) is 0 Å². The second-order valence-electron chi connectivity index (χ2n) is 3.40. The summed E-state index contributed by atoms with van der Waals surface area (Å²) < 4.78 is 61.0. The maximum absolute atomic E-state index is 12.7. The van der Waals surface area contributed by atoms with Gasteiger partial charge in [0.15, 0.2) is 17.7 Å². The average molecular weight is 269 g/mol. The van der Waals surface area contributed by atoms with E-state index in [0.29, 0.717) is 12.1 Å². The Balaban J connectivity index is 2.63. The first-order valence-corrected chi connectivity index (χ1v) is 4.70. The molecule has 0 saturated carbocycles. The highest BCUT2D eigenvalue weighted by molar-refractivity contribution is 5.94. The van der Waals surface area contributed by atoms with E-state index < -0.39 is 36.4 Å². The molecule has 100 valence electrons. The summed E-state index contributed by atoms with van der Waals surface area (Å²) in [4.78, 5) is 11.3. The molecule has 1 amide bonds. The lowest BCUT2D eigenvalue weighted by Gasteiger charge is -2.14. The van der Waals surface area contributed by atoms with Crippen molar-refractivity contribution in [2.45, 2.75) is 12.3 Å². The molecule has 0 saturated heterocycles. The molecule has 1 aromatic carbocycles. The third-order valence-corrected chi connectivity index (χ3v) is 2.02. The molecule has 0 radical (unpaired) electrons. The predicted molar refractivity (Wildman–Crippen MR) is 50.8 cm³/mol. The van der Waals surface area contributed by atoms with Gasteiger partial charge in [-0.1, -0.05) is 0 Å². The van der Waals surface area contributed by atoms with Gasteiger partial charge < -0.3 is 10.4 Å². The monoisotopic (exact) mass is 269 g/mol. The Kier molecular flexibility index (Phi) is 4.23. The molecule has 8 heteroatoms. The van der Waals surface area contributed by atoms with Crippen molar-refractivity contribution in [3.05, 3.63) is 35.4 Å². The number of hydrogen-bond donors (Lipinski definition) is 2. The number of nitrogens with one attached hydrogen (secondary N) is 1. The molecule has 1 aromatic rings. The summed E-state index contributed by atoms with van der Waals surface area (Å²) in [5.41, 5.74) is -0.344. The quantitative estimate of drug-likeness (QED) is 0.819. The lowest BCUT2D eigenvalue weighted by atomic mass is 10.2. The topological polar surface area (TPSA) is 49.3 Å². The van der Waals surface area contributed by atoms with E-state index in [2.05, 4.69) is 0 Å². The van der Waals surface area contributed by atoms with Gasteiger partial charge in [0.2, 0.25) is 0 Å². The van der Waals surface area contributed by atoms with Crippen LogP contribution in [0, 0.1) is 11.6 Å². The van der Waals surface area contributed by atoms with Gasteiger partial charge in [-0.25, -0.2) is 8.78 Å². The van der Waals surface area contributed by atoms with Crippen LogP contribution in [0.4, 0.5) is 22.0 Å². The largest absolute Gasteiger partial charge is 0.416 e. The van der Waals surface area contributed by atoms with Crippen LogP contribution >= 0.6 is 0 Å². The average Bonchev–Trinajstić information content (AvgIpc) is 2.27. The SMILES string of the molecule is O=C(NCC(O)C(F)(F)F)c1ccc(F)c(F)c1. The molecule has 0 aliphatic carbocycles. The van der Waals surface area contributed by atoms with E-state index in [1.165, 1.54) is 0 Å². The van der Waals surface area contributed by atoms with Crippen LogP contribution in [0.3, 0.4) is 0 Å². The predicted octanol–water partition coefficient (Wildman–Crippen LogP) is 1.62. The zero-order valence-electron chi connectivity index (χ0n) is 8.76. The van der Waals surface area contributed by atoms with Crippen LogP contribution in [0.15, 0.2) is 18.2 Å². The van der Waals surface area contributed by atoms with E-state index in [0.717, 1.165) is 6.07 Å². The van der Waals surface area contributed by atoms with Gasteiger partial charge in [0.25, 0.3) is 5.91 Å². The summed E-state index contributed by atoms with van der Waals surface area (Å²) in [5.74, 6) is -3.52. The molecule has 1 unspecified atom stereocenters. The smallest absolute Gasteiger partial charge is 0.382 e. The number of hydrogen-bond acceptors (Lipinski definition) is 2. The van der Waals surface area contributed by atoms with E-state index >= 15 is 0 Å². The van der Waals surface area contributed by atoms with Crippen molar-refractivity contribution in [1.82, 2.24) is 5.32 Å². The third kappa shape index (κ3) is 3.66. The summed E-state index contributed by atoms with van der Waals surface area (Å²) in [6, 6.07) is 2.13. The summed E-state index contributed by atoms with van der Waals surface area (Å²) in [6.07, 6.45) is -7.58. The fourth-order valence-corrected chi connectivity index (χ4v) is 1.04. The van der Waals surface area contributed by atoms with Crippen molar-refractivity contribution >= 4 is 5.91 Å². The minimum Gasteiger partial charge on any atom is -0.382 e. The molecule has 1 rings (SSSR count). The molecule has 0 bridgehead atoms. The van der Waals surface area contributed by atoms with Crippen LogP contribution in [0.2, 0.25) is 0 Å². The fraction of sp³-hybridized carbons (Fsp3) is 0.300. The van der Waals surface area contributed by atoms with Crippen LogP contribution in [-0.2, 0) is 0 Å². The van der Waals surface area contributed by atoms with Crippen LogP contribution in [0.5, 0.6) is 0 Å². The first-order chi connectivity index (χ1) is 8.21. The molecule has 0 spiro atoms. The van der Waals surface area contributed by atoms with Gasteiger partial charge in [-0.05, 0) is 18.2 Å². The lowest BCUT2D eigenvalue weighted by Crippen LogP contribution is -2.40. The highest BCUT2D eigenvalue weighted by Gasteiger charge is 2.38. The minimum absolute atomic E-state index is 0.344. The van der Waals surface area contributed by atoms with Gasteiger partial charge in [-0.2, -0.15) is 13.2 Å². The Morgan fingerprint density at radius 3 is 2.39 bits per heavy atom. The molecule has 0 aliphatic rings. The molecule has 1 atom stereocenters. The molecule has 3 nitrogen and oxygen atoms in total. The molecule has 0 heterocycles. The Hall–Kier alpha value is -1.70. The second kappa shape index (κ2) is 5.30. The van der Waals surface area contributed by atoms with Crippen molar-refractivity contribution in [1.29, 1.82) is 0 Å². The Bertz CT molecular complexity index is 446. The number of carbonyl (C=O) groups excluding carboxylic acids is 1. The van der Waals surface area contributed by atoms with Crippen molar-refractivity contribution in [2.24, 2.45) is 0 Å². The Morgan fingerprint density at radius 2 is 1.89 bits per heavy atom. The lowest BCUT2D eigenvalue weighted by molar-refractivity contribution is -0.201. The molecule has 2 N–H and O–H groups in total. The zero-order valence-corrected chi connectivity index (χ0v) is 8.76. The maximum atomic E-state index is 12.7. The van der Waals surface area contributed by atoms with Crippen LogP contribution in [-0.4, -0.2) is 29.8 Å². The summed E-state index contributed by atoms with van der Waals surface area (Å²) in [7, 11) is 0. The van der Waals surface area contributed by atoms with E-state index in [1.54, 1.807) is 5.32 Å². The molecule has 0 aliphatic heterocycles. The first-order valence-electron chi connectivity index (χ1n) is 4.70. The third-order valence-electron chi connectivity index (χ3n) is 2.02. The number of aliphatic hydroxyl groups is 1. The van der Waals surface area contributed by atoms with Crippen LogP contribution in [0.25, 0.3) is 0 Å². The van der Waals surface area contributed by atoms with Crippen molar-refractivity contribution in [3.63, 3.8) is 0 Å². The maximum Gasteiger partial charge on any atom is 0.416 e. The normalized spacial score (nSPS) is 13.2. The van der Waals surface area contributed by atoms with Gasteiger partial charge in [-0.3, -0.25) is 4.79 Å². The summed E-state index contributed by atoms with van der Waals surface area (Å²) in [6.45, 7) is -1.07. The number of rotatable bonds is 3. The highest BCUT2D eigenvalue weighted by Crippen LogP contribution is 2.19. The summed E-state index contributed by atoms with van der Waals surface area (Å²) in [5, 5.41) is 10.4. The van der Waals surface area contributed by atoms with Gasteiger partial charge in [0, 0.05) is 5.56 Å². The molecule has 18 heavy (non-hydrogen) atoms. The number of alkyl halides is 3. The Morgan fingerprint density at radius 1 is 1.28 bits per heavy atom. The fourth-order valence-electron chi connectivity index (χ4n) is 1.04. The Labute approximate surface area is 98.2 Å². The number of benzene rings is 1. The van der Waals surface area contributed by atoms with E-state index in [-0.39, 0.29) is 5.56 Å². The number of carbonyl (C=O) groups is 1. The number of amides is 1. The zero-order chi connectivity index (χ0) is 13.9. The van der Waals surface area contributed by atoms with Crippen LogP contribution in [0.1, 0.15) is 10.4 Å². The molecular weight excluding hydrogens is 261 g/mol. The van der Waals surface area contributed by atoms with Crippen molar-refractivity contribution < 1.29 is 31.9 Å². The second-order valence-corrected chi connectivity index (χ2v) is 3.40. The van der Waals surface area contributed by atoms with E-state index in [4.69, 9.17) is 5.11 Å². The number of aliphatic hydroxyl groups excluding tert-OH is 1. The van der Waals surface area contributed by atoms with Gasteiger partial charge in [-0.15, -0.1) is 0 Å². The van der Waals surface area contributed by atoms with Crippen molar-refractivity contribution in [3.8, 4) is 0 Å². The minimum atomic E-state index is -4.86. The summed E-state index contributed by atoms with van der Waals surface area (Å²) >= 11 is 0. The molecule has 0 fully saturated rings. The molecule has 0 aromatic heterocycles. The number of halogens is 5. The van der Waals surface area contributed by atoms with Gasteiger partial charge >= 0.3 is 6.18 Å². The highest BCUT2D eigenvalue weighted by atomic mass is 19.4. The van der Waals surface area contributed by atoms with Crippen molar-refractivity contribution in [2.75, 3.05) is 6.54 Å². The first kappa shape index (κ1) is 14.4. The van der Waals surface area contributed by atoms with Gasteiger partial charge in [0.05, 0.1) is 6.54 Å². The standard InChI is InChI=1S/C10H8F5NO2/c11-6-2-1-5(3-7(6)12)9(18)16-4-8(17)10(13,14)15/h1-3,8,17H,4H2,(H,16,18). The van der Waals surface area contributed by atoms with E-state index in [9.17, 15) is 26.7 Å². The molecular formula is C10H8F5NO2.